The van der Waals surface area contributed by atoms with Gasteiger partial charge < -0.3 is 14.4 Å². The highest BCUT2D eigenvalue weighted by atomic mass is 16.5. The van der Waals surface area contributed by atoms with Gasteiger partial charge in [0, 0.05) is 13.1 Å². The Hall–Kier alpha value is -3.35. The molecule has 2 heterocycles. The molecule has 7 heteroatoms. The quantitative estimate of drug-likeness (QED) is 0.617. The number of hydrogen-bond donors (Lipinski definition) is 0. The van der Waals surface area contributed by atoms with Gasteiger partial charge in [-0.15, -0.1) is 0 Å². The van der Waals surface area contributed by atoms with Gasteiger partial charge in [0.25, 0.3) is 5.56 Å². The summed E-state index contributed by atoms with van der Waals surface area (Å²) < 4.78 is 11.7. The Bertz CT molecular complexity index is 1130. The standard InChI is InChI=1S/C23H25N3O4/c1-15-10-12-25(13-11-15)23-24-20-14-16(22(28)30-3)4-9-19(20)21(27)26(23)17-5-7-18(29-2)8-6-17/h4-9,14-15H,10-13H2,1-3H3. The van der Waals surface area contributed by atoms with E-state index in [1.54, 1.807) is 29.9 Å². The third-order valence-electron chi connectivity index (χ3n) is 5.67. The lowest BCUT2D eigenvalue weighted by molar-refractivity contribution is 0.0601. The summed E-state index contributed by atoms with van der Waals surface area (Å²) in [5.41, 5.74) is 1.41. The first kappa shape index (κ1) is 19.9. The zero-order valence-electron chi connectivity index (χ0n) is 17.4. The van der Waals surface area contributed by atoms with Crippen LogP contribution in [0.3, 0.4) is 0 Å². The third kappa shape index (κ3) is 3.63. The number of fused-ring (bicyclic) bond motifs is 1. The first-order chi connectivity index (χ1) is 14.5. The molecule has 1 saturated heterocycles. The van der Waals surface area contributed by atoms with E-state index in [1.807, 2.05) is 24.3 Å². The van der Waals surface area contributed by atoms with Crippen LogP contribution < -0.4 is 15.2 Å². The van der Waals surface area contributed by atoms with Crippen LogP contribution >= 0.6 is 0 Å². The highest BCUT2D eigenvalue weighted by Crippen LogP contribution is 2.26. The predicted octanol–water partition coefficient (Wildman–Crippen LogP) is 3.42. The monoisotopic (exact) mass is 407 g/mol. The smallest absolute Gasteiger partial charge is 0.337 e. The topological polar surface area (TPSA) is 73.7 Å². The molecule has 7 nitrogen and oxygen atoms in total. The molecular formula is C23H25N3O4. The van der Waals surface area contributed by atoms with Gasteiger partial charge >= 0.3 is 5.97 Å². The lowest BCUT2D eigenvalue weighted by atomic mass is 9.99. The number of hydrogen-bond acceptors (Lipinski definition) is 6. The fourth-order valence-corrected chi connectivity index (χ4v) is 3.80. The van der Waals surface area contributed by atoms with Gasteiger partial charge in [0.15, 0.2) is 0 Å². The summed E-state index contributed by atoms with van der Waals surface area (Å²) >= 11 is 0. The van der Waals surface area contributed by atoms with Crippen LogP contribution in [0, 0.1) is 5.92 Å². The van der Waals surface area contributed by atoms with E-state index in [9.17, 15) is 9.59 Å². The van der Waals surface area contributed by atoms with Crippen LogP contribution in [-0.4, -0.2) is 42.8 Å². The number of benzene rings is 2. The predicted molar refractivity (Wildman–Crippen MR) is 116 cm³/mol. The zero-order chi connectivity index (χ0) is 21.3. The number of esters is 1. The Kier molecular flexibility index (Phi) is 5.44. The SMILES string of the molecule is COC(=O)c1ccc2c(=O)n(-c3ccc(OC)cc3)c(N3CCC(C)CC3)nc2c1. The molecule has 0 atom stereocenters. The molecule has 1 fully saturated rings. The second-order valence-electron chi connectivity index (χ2n) is 7.64. The molecular weight excluding hydrogens is 382 g/mol. The number of anilines is 1. The van der Waals surface area contributed by atoms with Gasteiger partial charge in [-0.2, -0.15) is 0 Å². The van der Waals surface area contributed by atoms with E-state index in [-0.39, 0.29) is 5.56 Å². The Labute approximate surface area is 174 Å². The number of methoxy groups -OCH3 is 2. The largest absolute Gasteiger partial charge is 0.497 e. The molecule has 0 unspecified atom stereocenters. The van der Waals surface area contributed by atoms with Crippen LogP contribution in [0.5, 0.6) is 5.75 Å². The maximum Gasteiger partial charge on any atom is 0.337 e. The summed E-state index contributed by atoms with van der Waals surface area (Å²) in [5, 5.41) is 0.451. The normalized spacial score (nSPS) is 14.7. The number of rotatable bonds is 4. The van der Waals surface area contributed by atoms with E-state index in [0.29, 0.717) is 28.3 Å². The summed E-state index contributed by atoms with van der Waals surface area (Å²) in [6.07, 6.45) is 2.08. The minimum atomic E-state index is -0.452. The van der Waals surface area contributed by atoms with Crippen molar-refractivity contribution in [2.45, 2.75) is 19.8 Å². The summed E-state index contributed by atoms with van der Waals surface area (Å²) in [6.45, 7) is 3.89. The number of aromatic nitrogens is 2. The summed E-state index contributed by atoms with van der Waals surface area (Å²) in [4.78, 5) is 32.4. The van der Waals surface area contributed by atoms with E-state index in [4.69, 9.17) is 14.5 Å². The number of piperidine rings is 1. The van der Waals surface area contributed by atoms with Crippen LogP contribution in [0.2, 0.25) is 0 Å². The van der Waals surface area contributed by atoms with Gasteiger partial charge in [-0.25, -0.2) is 14.3 Å². The Balaban J connectivity index is 1.92. The molecule has 30 heavy (non-hydrogen) atoms. The van der Waals surface area contributed by atoms with Gasteiger partial charge in [0.05, 0.1) is 36.4 Å². The van der Waals surface area contributed by atoms with Crippen LogP contribution in [0.15, 0.2) is 47.3 Å². The van der Waals surface area contributed by atoms with Crippen molar-refractivity contribution in [3.05, 3.63) is 58.4 Å². The number of carbonyl (C=O) groups excluding carboxylic acids is 1. The summed E-state index contributed by atoms with van der Waals surface area (Å²) in [7, 11) is 2.94. The molecule has 1 aliphatic heterocycles. The third-order valence-corrected chi connectivity index (χ3v) is 5.67. The van der Waals surface area contributed by atoms with Gasteiger partial charge in [0.1, 0.15) is 5.75 Å². The van der Waals surface area contributed by atoms with E-state index in [1.165, 1.54) is 7.11 Å². The lowest BCUT2D eigenvalue weighted by Crippen LogP contribution is -2.38. The molecule has 1 aliphatic rings. The zero-order valence-corrected chi connectivity index (χ0v) is 17.4. The highest BCUT2D eigenvalue weighted by molar-refractivity contribution is 5.94. The van der Waals surface area contributed by atoms with E-state index < -0.39 is 5.97 Å². The van der Waals surface area contributed by atoms with Crippen molar-refractivity contribution in [3.8, 4) is 11.4 Å². The van der Waals surface area contributed by atoms with Crippen molar-refractivity contribution in [3.63, 3.8) is 0 Å². The first-order valence-corrected chi connectivity index (χ1v) is 10.1. The van der Waals surface area contributed by atoms with Crippen LogP contribution in [0.4, 0.5) is 5.95 Å². The van der Waals surface area contributed by atoms with Crippen molar-refractivity contribution in [1.29, 1.82) is 0 Å². The average Bonchev–Trinajstić information content (AvgIpc) is 2.78. The van der Waals surface area contributed by atoms with Crippen molar-refractivity contribution in [2.75, 3.05) is 32.2 Å². The molecule has 2 aromatic carbocycles. The van der Waals surface area contributed by atoms with E-state index in [0.717, 1.165) is 37.4 Å². The minimum Gasteiger partial charge on any atom is -0.497 e. The van der Waals surface area contributed by atoms with Gasteiger partial charge in [-0.05, 0) is 61.2 Å². The van der Waals surface area contributed by atoms with Crippen molar-refractivity contribution in [2.24, 2.45) is 5.92 Å². The fraction of sp³-hybridized carbons (Fsp3) is 0.348. The second-order valence-corrected chi connectivity index (χ2v) is 7.64. The average molecular weight is 407 g/mol. The van der Waals surface area contributed by atoms with Crippen molar-refractivity contribution in [1.82, 2.24) is 9.55 Å². The van der Waals surface area contributed by atoms with Crippen LogP contribution in [0.25, 0.3) is 16.6 Å². The number of nitrogens with zero attached hydrogens (tertiary/aromatic N) is 3. The number of ether oxygens (including phenoxy) is 2. The van der Waals surface area contributed by atoms with Gasteiger partial charge in [-0.1, -0.05) is 6.92 Å². The summed E-state index contributed by atoms with van der Waals surface area (Å²) in [5.74, 6) is 1.50. The van der Waals surface area contributed by atoms with Gasteiger partial charge in [-0.3, -0.25) is 4.79 Å². The lowest BCUT2D eigenvalue weighted by Gasteiger charge is -2.32. The van der Waals surface area contributed by atoms with Gasteiger partial charge in [0.2, 0.25) is 5.95 Å². The fourth-order valence-electron chi connectivity index (χ4n) is 3.80. The highest BCUT2D eigenvalue weighted by Gasteiger charge is 2.23. The molecule has 0 spiro atoms. The van der Waals surface area contributed by atoms with Crippen molar-refractivity contribution >= 4 is 22.8 Å². The molecule has 0 amide bonds. The van der Waals surface area contributed by atoms with Crippen LogP contribution in [-0.2, 0) is 4.74 Å². The maximum atomic E-state index is 13.5. The van der Waals surface area contributed by atoms with E-state index in [2.05, 4.69) is 11.8 Å². The molecule has 0 radical (unpaired) electrons. The molecule has 3 aromatic rings. The summed E-state index contributed by atoms with van der Waals surface area (Å²) in [6, 6.07) is 12.2. The Morgan fingerprint density at radius 1 is 1.07 bits per heavy atom. The molecule has 0 N–H and O–H groups in total. The molecule has 1 aromatic heterocycles. The molecule has 0 saturated carbocycles. The maximum absolute atomic E-state index is 13.5. The molecule has 156 valence electrons. The van der Waals surface area contributed by atoms with Crippen molar-refractivity contribution < 1.29 is 14.3 Å². The van der Waals surface area contributed by atoms with E-state index >= 15 is 0 Å². The molecule has 0 bridgehead atoms. The Morgan fingerprint density at radius 2 is 1.77 bits per heavy atom. The molecule has 0 aliphatic carbocycles. The number of carbonyl (C=O) groups is 1. The minimum absolute atomic E-state index is 0.171. The Morgan fingerprint density at radius 3 is 2.40 bits per heavy atom. The first-order valence-electron chi connectivity index (χ1n) is 10.1. The second kappa shape index (κ2) is 8.18. The molecule has 4 rings (SSSR count). The van der Waals surface area contributed by atoms with Crippen LogP contribution in [0.1, 0.15) is 30.1 Å².